The van der Waals surface area contributed by atoms with Crippen molar-refractivity contribution in [1.29, 1.82) is 0 Å². The molecule has 0 aliphatic heterocycles. The van der Waals surface area contributed by atoms with Gasteiger partial charge in [0.05, 0.1) is 5.69 Å². The maximum atomic E-state index is 10.4. The summed E-state index contributed by atoms with van der Waals surface area (Å²) >= 11 is 0. The Hall–Kier alpha value is -0.830. The molecule has 1 unspecified atom stereocenters. The van der Waals surface area contributed by atoms with Crippen molar-refractivity contribution in [2.75, 3.05) is 0 Å². The maximum absolute atomic E-state index is 10.4. The van der Waals surface area contributed by atoms with Crippen molar-refractivity contribution in [1.82, 2.24) is 9.78 Å². The largest absolute Gasteiger partial charge is 0.386 e. The van der Waals surface area contributed by atoms with Crippen LogP contribution in [0.5, 0.6) is 0 Å². The lowest BCUT2D eigenvalue weighted by Gasteiger charge is -2.37. The first-order chi connectivity index (χ1) is 7.13. The zero-order valence-corrected chi connectivity index (χ0v) is 9.61. The maximum Gasteiger partial charge on any atom is 0.101 e. The Balaban J connectivity index is 2.19. The van der Waals surface area contributed by atoms with Gasteiger partial charge in [-0.2, -0.15) is 5.10 Å². The van der Waals surface area contributed by atoms with E-state index in [4.69, 9.17) is 0 Å². The highest BCUT2D eigenvalue weighted by molar-refractivity contribution is 5.08. The van der Waals surface area contributed by atoms with Crippen molar-refractivity contribution < 1.29 is 5.11 Å². The number of hydrogen-bond donors (Lipinski definition) is 1. The average Bonchev–Trinajstić information content (AvgIpc) is 2.64. The summed E-state index contributed by atoms with van der Waals surface area (Å²) in [5, 5.41) is 14.5. The molecular weight excluding hydrogens is 188 g/mol. The van der Waals surface area contributed by atoms with Crippen molar-refractivity contribution in [3.05, 3.63) is 18.0 Å². The van der Waals surface area contributed by atoms with Gasteiger partial charge in [-0.3, -0.25) is 4.68 Å². The molecule has 1 aliphatic rings. The Labute approximate surface area is 91.1 Å². The van der Waals surface area contributed by atoms with Gasteiger partial charge in [-0.05, 0) is 24.3 Å². The van der Waals surface area contributed by atoms with Gasteiger partial charge in [0.15, 0.2) is 0 Å². The van der Waals surface area contributed by atoms with E-state index in [0.29, 0.717) is 0 Å². The minimum Gasteiger partial charge on any atom is -0.386 e. The highest BCUT2D eigenvalue weighted by Crippen LogP contribution is 2.45. The first kappa shape index (κ1) is 10.7. The third-order valence-corrected chi connectivity index (χ3v) is 3.79. The summed E-state index contributed by atoms with van der Waals surface area (Å²) in [5.41, 5.74) is 0.992. The molecule has 1 aromatic heterocycles. The van der Waals surface area contributed by atoms with Crippen LogP contribution in [0.2, 0.25) is 0 Å². The lowest BCUT2D eigenvalue weighted by molar-refractivity contribution is 0.00278. The quantitative estimate of drug-likeness (QED) is 0.810. The molecule has 0 bridgehead atoms. The molecule has 0 saturated heterocycles. The fourth-order valence-electron chi connectivity index (χ4n) is 2.64. The number of nitrogens with zero attached hydrogens (tertiary/aromatic N) is 2. The molecule has 1 aliphatic carbocycles. The van der Waals surface area contributed by atoms with Gasteiger partial charge in [0.2, 0.25) is 0 Å². The van der Waals surface area contributed by atoms with Crippen LogP contribution in [0.25, 0.3) is 0 Å². The Kier molecular flexibility index (Phi) is 2.83. The molecule has 0 aromatic carbocycles. The van der Waals surface area contributed by atoms with Crippen molar-refractivity contribution in [2.45, 2.75) is 45.1 Å². The van der Waals surface area contributed by atoms with Crippen LogP contribution in [0.15, 0.2) is 12.3 Å². The summed E-state index contributed by atoms with van der Waals surface area (Å²) < 4.78 is 1.78. The van der Waals surface area contributed by atoms with E-state index in [9.17, 15) is 5.11 Å². The van der Waals surface area contributed by atoms with Crippen LogP contribution >= 0.6 is 0 Å². The minimum absolute atomic E-state index is 0.0477. The second-order valence-corrected chi connectivity index (χ2v) is 5.00. The number of aliphatic hydroxyl groups excluding tert-OH is 1. The number of aromatic nitrogens is 2. The number of hydrogen-bond acceptors (Lipinski definition) is 2. The Morgan fingerprint density at radius 2 is 2.07 bits per heavy atom. The molecule has 0 amide bonds. The Morgan fingerprint density at radius 3 is 2.60 bits per heavy atom. The molecule has 3 heteroatoms. The normalized spacial score (nSPS) is 22.6. The summed E-state index contributed by atoms with van der Waals surface area (Å²) in [5.74, 6) is 0. The third-order valence-electron chi connectivity index (χ3n) is 3.79. The fraction of sp³-hybridized carbons (Fsp3) is 0.750. The van der Waals surface area contributed by atoms with Crippen LogP contribution in [0, 0.1) is 5.41 Å². The van der Waals surface area contributed by atoms with E-state index in [1.165, 1.54) is 19.3 Å². The molecular formula is C12H20N2O. The van der Waals surface area contributed by atoms with E-state index in [2.05, 4.69) is 12.0 Å². The van der Waals surface area contributed by atoms with Gasteiger partial charge >= 0.3 is 0 Å². The van der Waals surface area contributed by atoms with Crippen LogP contribution in [0.3, 0.4) is 0 Å². The lowest BCUT2D eigenvalue weighted by Crippen LogP contribution is -2.29. The molecule has 1 N–H and O–H groups in total. The van der Waals surface area contributed by atoms with E-state index < -0.39 is 0 Å². The summed E-state index contributed by atoms with van der Waals surface area (Å²) in [7, 11) is 1.89. The predicted octanol–water partition coefficient (Wildman–Crippen LogP) is 2.42. The van der Waals surface area contributed by atoms with E-state index >= 15 is 0 Å². The molecule has 1 saturated carbocycles. The topological polar surface area (TPSA) is 38.0 Å². The molecule has 1 fully saturated rings. The fourth-order valence-corrected chi connectivity index (χ4v) is 2.64. The van der Waals surface area contributed by atoms with Crippen molar-refractivity contribution in [3.63, 3.8) is 0 Å². The minimum atomic E-state index is -0.370. The van der Waals surface area contributed by atoms with Crippen molar-refractivity contribution in [2.24, 2.45) is 12.5 Å². The first-order valence-electron chi connectivity index (χ1n) is 5.79. The van der Waals surface area contributed by atoms with E-state index in [-0.39, 0.29) is 11.5 Å². The van der Waals surface area contributed by atoms with Gasteiger partial charge < -0.3 is 5.11 Å². The standard InChI is InChI=1S/C12H20N2O/c1-12(7-4-3-5-8-12)11(15)10-6-9-13-14(10)2/h6,9,11,15H,3-5,7-8H2,1-2H3. The second kappa shape index (κ2) is 3.97. The molecule has 84 valence electrons. The van der Waals surface area contributed by atoms with Crippen LogP contribution in [0.4, 0.5) is 0 Å². The van der Waals surface area contributed by atoms with Gasteiger partial charge in [0.1, 0.15) is 6.10 Å². The van der Waals surface area contributed by atoms with Crippen molar-refractivity contribution >= 4 is 0 Å². The number of aliphatic hydroxyl groups is 1. The van der Waals surface area contributed by atoms with E-state index in [1.807, 2.05) is 13.1 Å². The van der Waals surface area contributed by atoms with Gasteiger partial charge in [-0.15, -0.1) is 0 Å². The summed E-state index contributed by atoms with van der Waals surface area (Å²) in [6, 6.07) is 1.92. The van der Waals surface area contributed by atoms with Gasteiger partial charge in [-0.1, -0.05) is 26.2 Å². The second-order valence-electron chi connectivity index (χ2n) is 5.00. The molecule has 2 rings (SSSR count). The highest BCUT2D eigenvalue weighted by Gasteiger charge is 2.36. The van der Waals surface area contributed by atoms with E-state index in [0.717, 1.165) is 18.5 Å². The van der Waals surface area contributed by atoms with E-state index in [1.54, 1.807) is 10.9 Å². The van der Waals surface area contributed by atoms with Crippen LogP contribution < -0.4 is 0 Å². The highest BCUT2D eigenvalue weighted by atomic mass is 16.3. The molecule has 1 heterocycles. The predicted molar refractivity (Wildman–Crippen MR) is 59.4 cm³/mol. The zero-order chi connectivity index (χ0) is 10.9. The smallest absolute Gasteiger partial charge is 0.101 e. The Bertz CT molecular complexity index is 326. The molecule has 1 aromatic rings. The molecule has 0 radical (unpaired) electrons. The van der Waals surface area contributed by atoms with Gasteiger partial charge in [-0.25, -0.2) is 0 Å². The first-order valence-corrected chi connectivity index (χ1v) is 5.79. The molecule has 15 heavy (non-hydrogen) atoms. The summed E-state index contributed by atoms with van der Waals surface area (Å²) in [6.45, 7) is 2.20. The van der Waals surface area contributed by atoms with Gasteiger partial charge in [0.25, 0.3) is 0 Å². The zero-order valence-electron chi connectivity index (χ0n) is 9.61. The molecule has 0 spiro atoms. The SMILES string of the molecule is Cn1nccc1C(O)C1(C)CCCCC1. The molecule has 1 atom stereocenters. The Morgan fingerprint density at radius 1 is 1.40 bits per heavy atom. The summed E-state index contributed by atoms with van der Waals surface area (Å²) in [6.07, 6.45) is 7.43. The lowest BCUT2D eigenvalue weighted by atomic mass is 9.71. The van der Waals surface area contributed by atoms with Crippen LogP contribution in [-0.2, 0) is 7.05 Å². The monoisotopic (exact) mass is 208 g/mol. The molecule has 3 nitrogen and oxygen atoms in total. The average molecular weight is 208 g/mol. The van der Waals surface area contributed by atoms with Crippen LogP contribution in [-0.4, -0.2) is 14.9 Å². The van der Waals surface area contributed by atoms with Crippen molar-refractivity contribution in [3.8, 4) is 0 Å². The summed E-state index contributed by atoms with van der Waals surface area (Å²) in [4.78, 5) is 0. The third kappa shape index (κ3) is 1.93. The van der Waals surface area contributed by atoms with Crippen LogP contribution in [0.1, 0.15) is 50.8 Å². The number of aryl methyl sites for hydroxylation is 1. The number of rotatable bonds is 2. The van der Waals surface area contributed by atoms with Gasteiger partial charge in [0, 0.05) is 13.2 Å².